The van der Waals surface area contributed by atoms with Crippen LogP contribution in [-0.4, -0.2) is 43.4 Å². The lowest BCUT2D eigenvalue weighted by atomic mass is 10.1. The number of nitrogens with zero attached hydrogens (tertiary/aromatic N) is 1. The zero-order chi connectivity index (χ0) is 15.7. The van der Waals surface area contributed by atoms with Crippen molar-refractivity contribution in [2.45, 2.75) is 26.7 Å². The van der Waals surface area contributed by atoms with E-state index < -0.39 is 0 Å². The molecule has 5 nitrogen and oxygen atoms in total. The molecule has 0 aliphatic rings. The van der Waals surface area contributed by atoms with E-state index in [0.717, 1.165) is 25.9 Å². The summed E-state index contributed by atoms with van der Waals surface area (Å²) in [7, 11) is 1.72. The van der Waals surface area contributed by atoms with Gasteiger partial charge >= 0.3 is 0 Å². The zero-order valence-corrected chi connectivity index (χ0v) is 13.1. The van der Waals surface area contributed by atoms with Crippen molar-refractivity contribution in [3.63, 3.8) is 0 Å². The molecule has 0 saturated heterocycles. The molecule has 0 fully saturated rings. The first-order chi connectivity index (χ1) is 10.1. The summed E-state index contributed by atoms with van der Waals surface area (Å²) in [6, 6.07) is 7.04. The van der Waals surface area contributed by atoms with Crippen molar-refractivity contribution in [1.82, 2.24) is 10.2 Å². The molecular weight excluding hydrogens is 266 g/mol. The molecule has 0 bridgehead atoms. The fourth-order valence-corrected chi connectivity index (χ4v) is 2.10. The number of amides is 2. The van der Waals surface area contributed by atoms with Crippen LogP contribution in [0.2, 0.25) is 0 Å². The molecule has 0 spiro atoms. The maximum absolute atomic E-state index is 12.4. The van der Waals surface area contributed by atoms with Crippen LogP contribution < -0.4 is 10.6 Å². The van der Waals surface area contributed by atoms with Crippen LogP contribution in [0.3, 0.4) is 0 Å². The molecule has 0 aliphatic carbocycles. The average molecular weight is 291 g/mol. The molecule has 5 heteroatoms. The molecule has 1 rings (SSSR count). The highest BCUT2D eigenvalue weighted by atomic mass is 16.2. The van der Waals surface area contributed by atoms with Crippen LogP contribution in [0.15, 0.2) is 24.3 Å². The Morgan fingerprint density at radius 1 is 1.05 bits per heavy atom. The molecule has 116 valence electrons. The van der Waals surface area contributed by atoms with Gasteiger partial charge in [0.25, 0.3) is 5.91 Å². The van der Waals surface area contributed by atoms with Gasteiger partial charge in [0, 0.05) is 24.3 Å². The number of anilines is 1. The molecule has 0 heterocycles. The van der Waals surface area contributed by atoms with E-state index in [4.69, 9.17) is 0 Å². The van der Waals surface area contributed by atoms with Crippen molar-refractivity contribution in [2.24, 2.45) is 0 Å². The van der Waals surface area contributed by atoms with Crippen molar-refractivity contribution >= 4 is 17.5 Å². The SMILES string of the molecule is CCCN(CCC)C(=O)c1ccc(NC(=O)CNC)cc1. The molecule has 1 aromatic carbocycles. The van der Waals surface area contributed by atoms with E-state index in [0.29, 0.717) is 11.3 Å². The third-order valence-electron chi connectivity index (χ3n) is 3.03. The van der Waals surface area contributed by atoms with Gasteiger partial charge in [-0.15, -0.1) is 0 Å². The number of rotatable bonds is 8. The second-order valence-corrected chi connectivity index (χ2v) is 4.95. The van der Waals surface area contributed by atoms with E-state index in [9.17, 15) is 9.59 Å². The Balaban J connectivity index is 2.71. The molecule has 0 radical (unpaired) electrons. The van der Waals surface area contributed by atoms with Crippen molar-refractivity contribution in [3.05, 3.63) is 29.8 Å². The summed E-state index contributed by atoms with van der Waals surface area (Å²) in [5.41, 5.74) is 1.35. The largest absolute Gasteiger partial charge is 0.339 e. The number of benzene rings is 1. The van der Waals surface area contributed by atoms with Gasteiger partial charge in [-0.1, -0.05) is 13.8 Å². The second kappa shape index (κ2) is 9.13. The average Bonchev–Trinajstić information content (AvgIpc) is 2.47. The van der Waals surface area contributed by atoms with Gasteiger partial charge in [-0.2, -0.15) is 0 Å². The molecular formula is C16H25N3O2. The van der Waals surface area contributed by atoms with E-state index in [1.165, 1.54) is 0 Å². The van der Waals surface area contributed by atoms with E-state index in [-0.39, 0.29) is 18.4 Å². The molecule has 21 heavy (non-hydrogen) atoms. The summed E-state index contributed by atoms with van der Waals surface area (Å²) < 4.78 is 0. The summed E-state index contributed by atoms with van der Waals surface area (Å²) in [4.78, 5) is 25.7. The molecule has 0 aromatic heterocycles. The fraction of sp³-hybridized carbons (Fsp3) is 0.500. The van der Waals surface area contributed by atoms with E-state index in [1.54, 1.807) is 31.3 Å². The molecule has 0 unspecified atom stereocenters. The minimum absolute atomic E-state index is 0.0480. The van der Waals surface area contributed by atoms with Crippen LogP contribution in [0.1, 0.15) is 37.0 Å². The maximum atomic E-state index is 12.4. The topological polar surface area (TPSA) is 61.4 Å². The van der Waals surface area contributed by atoms with E-state index in [1.807, 2.05) is 4.90 Å². The van der Waals surface area contributed by atoms with Crippen molar-refractivity contribution in [1.29, 1.82) is 0 Å². The summed E-state index contributed by atoms with van der Waals surface area (Å²) in [6.07, 6.45) is 1.90. The second-order valence-electron chi connectivity index (χ2n) is 4.95. The van der Waals surface area contributed by atoms with Gasteiger partial charge in [-0.05, 0) is 44.2 Å². The van der Waals surface area contributed by atoms with E-state index >= 15 is 0 Å². The first-order valence-corrected chi connectivity index (χ1v) is 7.46. The molecule has 0 saturated carbocycles. The molecule has 0 atom stereocenters. The number of likely N-dealkylation sites (N-methyl/N-ethyl adjacent to an activating group) is 1. The number of hydrogen-bond donors (Lipinski definition) is 2. The fourth-order valence-electron chi connectivity index (χ4n) is 2.10. The minimum Gasteiger partial charge on any atom is -0.339 e. The van der Waals surface area contributed by atoms with Gasteiger partial charge in [0.2, 0.25) is 5.91 Å². The van der Waals surface area contributed by atoms with Crippen LogP contribution in [0, 0.1) is 0 Å². The first kappa shape index (κ1) is 17.2. The van der Waals surface area contributed by atoms with Crippen LogP contribution in [-0.2, 0) is 4.79 Å². The van der Waals surface area contributed by atoms with Gasteiger partial charge in [-0.25, -0.2) is 0 Å². The van der Waals surface area contributed by atoms with Gasteiger partial charge in [0.15, 0.2) is 0 Å². The number of nitrogens with one attached hydrogen (secondary N) is 2. The van der Waals surface area contributed by atoms with Gasteiger partial charge < -0.3 is 15.5 Å². The summed E-state index contributed by atoms with van der Waals surface area (Å²) in [5.74, 6) is -0.0537. The van der Waals surface area contributed by atoms with E-state index in [2.05, 4.69) is 24.5 Å². The highest BCUT2D eigenvalue weighted by molar-refractivity contribution is 5.96. The lowest BCUT2D eigenvalue weighted by Gasteiger charge is -2.21. The van der Waals surface area contributed by atoms with Crippen LogP contribution in [0.25, 0.3) is 0 Å². The summed E-state index contributed by atoms with van der Waals surface area (Å²) in [5, 5.41) is 5.55. The number of carbonyl (C=O) groups excluding carboxylic acids is 2. The third-order valence-corrected chi connectivity index (χ3v) is 3.03. The Hall–Kier alpha value is -1.88. The number of carbonyl (C=O) groups is 2. The van der Waals surface area contributed by atoms with Crippen LogP contribution in [0.5, 0.6) is 0 Å². The van der Waals surface area contributed by atoms with Crippen molar-refractivity contribution in [2.75, 3.05) is 32.0 Å². The number of hydrogen-bond acceptors (Lipinski definition) is 3. The predicted molar refractivity (Wildman–Crippen MR) is 85.5 cm³/mol. The highest BCUT2D eigenvalue weighted by Crippen LogP contribution is 2.12. The van der Waals surface area contributed by atoms with Crippen molar-refractivity contribution < 1.29 is 9.59 Å². The van der Waals surface area contributed by atoms with Crippen LogP contribution in [0.4, 0.5) is 5.69 Å². The smallest absolute Gasteiger partial charge is 0.253 e. The molecule has 2 amide bonds. The summed E-state index contributed by atoms with van der Waals surface area (Å²) in [6.45, 7) is 5.94. The van der Waals surface area contributed by atoms with Crippen molar-refractivity contribution in [3.8, 4) is 0 Å². The quantitative estimate of drug-likeness (QED) is 0.771. The molecule has 1 aromatic rings. The first-order valence-electron chi connectivity index (χ1n) is 7.46. The normalized spacial score (nSPS) is 10.2. The lowest BCUT2D eigenvalue weighted by molar-refractivity contribution is -0.115. The zero-order valence-electron chi connectivity index (χ0n) is 13.1. The molecule has 0 aliphatic heterocycles. The standard InChI is InChI=1S/C16H25N3O2/c1-4-10-19(11-5-2)16(21)13-6-8-14(9-7-13)18-15(20)12-17-3/h6-9,17H,4-5,10-12H2,1-3H3,(H,18,20). The molecule has 2 N–H and O–H groups in total. The Morgan fingerprint density at radius 3 is 2.10 bits per heavy atom. The summed E-state index contributed by atoms with van der Waals surface area (Å²) >= 11 is 0. The Kier molecular flexibility index (Phi) is 7.46. The van der Waals surface area contributed by atoms with Gasteiger partial charge in [0.05, 0.1) is 6.54 Å². The Labute approximate surface area is 126 Å². The Bertz CT molecular complexity index is 451. The lowest BCUT2D eigenvalue weighted by Crippen LogP contribution is -2.32. The highest BCUT2D eigenvalue weighted by Gasteiger charge is 2.14. The third kappa shape index (κ3) is 5.55. The van der Waals surface area contributed by atoms with Gasteiger partial charge in [-0.3, -0.25) is 9.59 Å². The van der Waals surface area contributed by atoms with Crippen LogP contribution >= 0.6 is 0 Å². The maximum Gasteiger partial charge on any atom is 0.253 e. The Morgan fingerprint density at radius 2 is 1.62 bits per heavy atom. The monoisotopic (exact) mass is 291 g/mol. The van der Waals surface area contributed by atoms with Gasteiger partial charge in [0.1, 0.15) is 0 Å². The predicted octanol–water partition coefficient (Wildman–Crippen LogP) is 2.11. The minimum atomic E-state index is -0.102.